The van der Waals surface area contributed by atoms with Gasteiger partial charge in [-0.05, 0) is 29.6 Å². The summed E-state index contributed by atoms with van der Waals surface area (Å²) in [5.74, 6) is 1.50. The van der Waals surface area contributed by atoms with Gasteiger partial charge >= 0.3 is 5.69 Å². The summed E-state index contributed by atoms with van der Waals surface area (Å²) in [7, 11) is 4.63. The van der Waals surface area contributed by atoms with Crippen LogP contribution in [0.3, 0.4) is 0 Å². The van der Waals surface area contributed by atoms with Gasteiger partial charge in [-0.25, -0.2) is 4.79 Å². The summed E-state index contributed by atoms with van der Waals surface area (Å²) in [6.45, 7) is 0. The molecule has 24 heavy (non-hydrogen) atoms. The molecule has 3 aromatic rings. The molecule has 3 rings (SSSR count). The Balaban J connectivity index is 2.17. The van der Waals surface area contributed by atoms with Gasteiger partial charge < -0.3 is 19.2 Å². The highest BCUT2D eigenvalue weighted by Crippen LogP contribution is 2.41. The van der Waals surface area contributed by atoms with Crippen LogP contribution < -0.4 is 19.9 Å². The zero-order valence-corrected chi connectivity index (χ0v) is 14.3. The van der Waals surface area contributed by atoms with E-state index in [0.29, 0.717) is 34.2 Å². The number of thiophene rings is 1. The molecule has 0 aliphatic carbocycles. The highest BCUT2D eigenvalue weighted by Gasteiger charge is 2.15. The van der Waals surface area contributed by atoms with Gasteiger partial charge in [0.15, 0.2) is 11.5 Å². The number of nitrogens with one attached hydrogen (secondary N) is 1. The second kappa shape index (κ2) is 6.76. The standard InChI is InChI=1S/C17H16N2O4S/c1-21-13-7-10(8-14(22-2)16(13)23-3)11-9-12(19-17(20)18-11)15-5-4-6-24-15/h4-9H,1-3H3,(H,18,19,20). The Kier molecular flexibility index (Phi) is 4.52. The van der Waals surface area contributed by atoms with Crippen molar-refractivity contribution in [2.75, 3.05) is 21.3 Å². The summed E-state index contributed by atoms with van der Waals surface area (Å²) < 4.78 is 16.0. The van der Waals surface area contributed by atoms with E-state index in [4.69, 9.17) is 14.2 Å². The second-order valence-electron chi connectivity index (χ2n) is 4.88. The van der Waals surface area contributed by atoms with Gasteiger partial charge in [-0.2, -0.15) is 4.98 Å². The number of ether oxygens (including phenoxy) is 3. The molecule has 124 valence electrons. The van der Waals surface area contributed by atoms with Crippen LogP contribution in [0.4, 0.5) is 0 Å². The van der Waals surface area contributed by atoms with Gasteiger partial charge in [0.25, 0.3) is 0 Å². The molecule has 2 aromatic heterocycles. The van der Waals surface area contributed by atoms with Crippen LogP contribution in [0, 0.1) is 0 Å². The first-order chi connectivity index (χ1) is 11.7. The van der Waals surface area contributed by atoms with Gasteiger partial charge in [0.1, 0.15) is 0 Å². The van der Waals surface area contributed by atoms with Crippen LogP contribution in [-0.2, 0) is 0 Å². The van der Waals surface area contributed by atoms with Crippen LogP contribution in [0.1, 0.15) is 0 Å². The van der Waals surface area contributed by atoms with Crippen molar-refractivity contribution in [3.8, 4) is 39.1 Å². The quantitative estimate of drug-likeness (QED) is 0.769. The summed E-state index contributed by atoms with van der Waals surface area (Å²) in [6, 6.07) is 9.23. The summed E-state index contributed by atoms with van der Waals surface area (Å²) in [5, 5.41) is 1.95. The fourth-order valence-electron chi connectivity index (χ4n) is 2.40. The molecule has 0 saturated carbocycles. The van der Waals surface area contributed by atoms with Crippen molar-refractivity contribution in [1.29, 1.82) is 0 Å². The van der Waals surface area contributed by atoms with E-state index < -0.39 is 5.69 Å². The molecule has 1 N–H and O–H groups in total. The molecule has 0 saturated heterocycles. The number of hydrogen-bond acceptors (Lipinski definition) is 6. The Bertz CT molecular complexity index is 878. The Morgan fingerprint density at radius 3 is 2.29 bits per heavy atom. The van der Waals surface area contributed by atoms with Crippen LogP contribution in [0.25, 0.3) is 21.8 Å². The molecule has 7 heteroatoms. The van der Waals surface area contributed by atoms with Crippen LogP contribution in [0.2, 0.25) is 0 Å². The maximum absolute atomic E-state index is 12.0. The third-order valence-corrected chi connectivity index (χ3v) is 4.39. The number of H-pyrrole nitrogens is 1. The molecule has 0 radical (unpaired) electrons. The van der Waals surface area contributed by atoms with Gasteiger partial charge in [0.05, 0.1) is 37.6 Å². The fourth-order valence-corrected chi connectivity index (χ4v) is 3.10. The molecule has 0 amide bonds. The summed E-state index contributed by atoms with van der Waals surface area (Å²) in [4.78, 5) is 19.7. The highest BCUT2D eigenvalue weighted by atomic mass is 32.1. The number of aromatic nitrogens is 2. The Hall–Kier alpha value is -2.80. The minimum atomic E-state index is -0.412. The number of methoxy groups -OCH3 is 3. The van der Waals surface area contributed by atoms with E-state index in [0.717, 1.165) is 4.88 Å². The number of rotatable bonds is 5. The molecular weight excluding hydrogens is 328 g/mol. The molecule has 0 spiro atoms. The molecule has 1 aromatic carbocycles. The second-order valence-corrected chi connectivity index (χ2v) is 5.82. The van der Waals surface area contributed by atoms with E-state index >= 15 is 0 Å². The topological polar surface area (TPSA) is 73.4 Å². The van der Waals surface area contributed by atoms with Crippen molar-refractivity contribution < 1.29 is 14.2 Å². The predicted octanol–water partition coefficient (Wildman–Crippen LogP) is 3.19. The molecule has 0 atom stereocenters. The molecule has 0 unspecified atom stereocenters. The first kappa shape index (κ1) is 16.1. The van der Waals surface area contributed by atoms with Crippen molar-refractivity contribution >= 4 is 11.3 Å². The predicted molar refractivity (Wildman–Crippen MR) is 93.3 cm³/mol. The molecule has 0 aliphatic heterocycles. The van der Waals surface area contributed by atoms with Crippen LogP contribution in [0.5, 0.6) is 17.2 Å². The van der Waals surface area contributed by atoms with E-state index in [-0.39, 0.29) is 0 Å². The van der Waals surface area contributed by atoms with E-state index in [1.54, 1.807) is 44.8 Å². The third-order valence-electron chi connectivity index (χ3n) is 3.49. The van der Waals surface area contributed by atoms with E-state index in [1.165, 1.54) is 0 Å². The Morgan fingerprint density at radius 1 is 1.04 bits per heavy atom. The van der Waals surface area contributed by atoms with E-state index in [1.807, 2.05) is 23.6 Å². The average Bonchev–Trinajstić information content (AvgIpc) is 3.14. The van der Waals surface area contributed by atoms with E-state index in [9.17, 15) is 4.79 Å². The van der Waals surface area contributed by atoms with Crippen molar-refractivity contribution in [3.63, 3.8) is 0 Å². The van der Waals surface area contributed by atoms with Crippen molar-refractivity contribution in [1.82, 2.24) is 9.97 Å². The highest BCUT2D eigenvalue weighted by molar-refractivity contribution is 7.13. The molecule has 0 aliphatic rings. The minimum absolute atomic E-state index is 0.412. The summed E-state index contributed by atoms with van der Waals surface area (Å²) in [6.07, 6.45) is 0. The largest absolute Gasteiger partial charge is 0.493 e. The first-order valence-electron chi connectivity index (χ1n) is 7.12. The number of hydrogen-bond donors (Lipinski definition) is 1. The van der Waals surface area contributed by atoms with Gasteiger partial charge in [-0.3, -0.25) is 0 Å². The average molecular weight is 344 g/mol. The van der Waals surface area contributed by atoms with Crippen LogP contribution >= 0.6 is 11.3 Å². The van der Waals surface area contributed by atoms with Gasteiger partial charge in [-0.1, -0.05) is 6.07 Å². The zero-order valence-electron chi connectivity index (χ0n) is 13.5. The fraction of sp³-hybridized carbons (Fsp3) is 0.176. The molecule has 0 fully saturated rings. The lowest BCUT2D eigenvalue weighted by atomic mass is 10.1. The number of aromatic amines is 1. The maximum Gasteiger partial charge on any atom is 0.345 e. The monoisotopic (exact) mass is 344 g/mol. The lowest BCUT2D eigenvalue weighted by Gasteiger charge is -2.14. The first-order valence-corrected chi connectivity index (χ1v) is 8.00. The molecule has 2 heterocycles. The van der Waals surface area contributed by atoms with Crippen molar-refractivity contribution in [2.24, 2.45) is 0 Å². The lowest BCUT2D eigenvalue weighted by molar-refractivity contribution is 0.324. The Labute approximate surface area is 142 Å². The number of nitrogens with zero attached hydrogens (tertiary/aromatic N) is 1. The van der Waals surface area contributed by atoms with Crippen LogP contribution in [0.15, 0.2) is 40.5 Å². The van der Waals surface area contributed by atoms with Gasteiger partial charge in [0, 0.05) is 5.56 Å². The lowest BCUT2D eigenvalue weighted by Crippen LogP contribution is -2.11. The molecular formula is C17H16N2O4S. The van der Waals surface area contributed by atoms with Crippen molar-refractivity contribution in [2.45, 2.75) is 0 Å². The van der Waals surface area contributed by atoms with Crippen LogP contribution in [-0.4, -0.2) is 31.3 Å². The normalized spacial score (nSPS) is 10.5. The SMILES string of the molecule is COc1cc(-c2cc(-c3cccs3)[nH]c(=O)n2)cc(OC)c1OC. The minimum Gasteiger partial charge on any atom is -0.493 e. The molecule has 0 bridgehead atoms. The third kappa shape index (κ3) is 2.98. The summed E-state index contributed by atoms with van der Waals surface area (Å²) >= 11 is 1.54. The smallest absolute Gasteiger partial charge is 0.345 e. The Morgan fingerprint density at radius 2 is 1.75 bits per heavy atom. The summed E-state index contributed by atoms with van der Waals surface area (Å²) in [5.41, 5.74) is 1.54. The van der Waals surface area contributed by atoms with Gasteiger partial charge in [0.2, 0.25) is 5.75 Å². The van der Waals surface area contributed by atoms with Crippen molar-refractivity contribution in [3.05, 3.63) is 46.2 Å². The van der Waals surface area contributed by atoms with E-state index in [2.05, 4.69) is 9.97 Å². The maximum atomic E-state index is 12.0. The van der Waals surface area contributed by atoms with Gasteiger partial charge in [-0.15, -0.1) is 11.3 Å². The molecule has 6 nitrogen and oxygen atoms in total. The zero-order chi connectivity index (χ0) is 17.1. The number of benzene rings is 1.